The third kappa shape index (κ3) is 4.67. The lowest BCUT2D eigenvalue weighted by molar-refractivity contribution is -0.384. The zero-order valence-electron chi connectivity index (χ0n) is 15.7. The molecule has 1 fully saturated rings. The maximum atomic E-state index is 12.6. The molecule has 1 amide bonds. The van der Waals surface area contributed by atoms with E-state index in [1.807, 2.05) is 18.2 Å². The molecule has 0 atom stereocenters. The quantitative estimate of drug-likeness (QED) is 0.462. The number of amides is 1. The topological polar surface area (TPSA) is 99.3 Å². The Morgan fingerprint density at radius 3 is 2.86 bits per heavy atom. The van der Waals surface area contributed by atoms with Crippen molar-refractivity contribution in [2.45, 2.75) is 19.4 Å². The highest BCUT2D eigenvalue weighted by atomic mass is 16.6. The van der Waals surface area contributed by atoms with Crippen molar-refractivity contribution in [2.24, 2.45) is 5.92 Å². The van der Waals surface area contributed by atoms with E-state index in [2.05, 4.69) is 10.3 Å². The molecule has 1 N–H and O–H groups in total. The number of ether oxygens (including phenoxy) is 1. The highest BCUT2D eigenvalue weighted by molar-refractivity contribution is 6.05. The van der Waals surface area contributed by atoms with Crippen molar-refractivity contribution in [1.29, 1.82) is 0 Å². The summed E-state index contributed by atoms with van der Waals surface area (Å²) in [6.07, 6.45) is 7.09. The van der Waals surface area contributed by atoms with Gasteiger partial charge in [0.2, 0.25) is 0 Å². The molecule has 0 saturated heterocycles. The number of hydrogen-bond donors (Lipinski definition) is 1. The van der Waals surface area contributed by atoms with Crippen LogP contribution in [0.15, 0.2) is 61.2 Å². The number of nitrogens with one attached hydrogen (secondary N) is 1. The van der Waals surface area contributed by atoms with Crippen LogP contribution in [0, 0.1) is 16.0 Å². The first kappa shape index (κ1) is 18.8. The van der Waals surface area contributed by atoms with E-state index >= 15 is 0 Å². The van der Waals surface area contributed by atoms with Crippen LogP contribution in [0.25, 0.3) is 5.69 Å². The van der Waals surface area contributed by atoms with Crippen molar-refractivity contribution < 1.29 is 14.5 Å². The van der Waals surface area contributed by atoms with Gasteiger partial charge < -0.3 is 14.6 Å². The Balaban J connectivity index is 1.48. The predicted molar refractivity (Wildman–Crippen MR) is 107 cm³/mol. The fraction of sp³-hybridized carbons (Fsp3) is 0.238. The smallest absolute Gasteiger partial charge is 0.294 e. The van der Waals surface area contributed by atoms with Gasteiger partial charge in [0.05, 0.1) is 17.9 Å². The molecule has 1 heterocycles. The molecule has 1 aliphatic carbocycles. The number of rotatable bonds is 8. The molecule has 29 heavy (non-hydrogen) atoms. The maximum absolute atomic E-state index is 12.6. The van der Waals surface area contributed by atoms with E-state index in [0.29, 0.717) is 23.9 Å². The summed E-state index contributed by atoms with van der Waals surface area (Å²) in [4.78, 5) is 27.5. The van der Waals surface area contributed by atoms with Gasteiger partial charge in [0, 0.05) is 36.3 Å². The van der Waals surface area contributed by atoms with E-state index in [0.717, 1.165) is 12.2 Å². The van der Waals surface area contributed by atoms with Crippen LogP contribution >= 0.6 is 0 Å². The molecule has 1 aromatic heterocycles. The van der Waals surface area contributed by atoms with E-state index in [1.165, 1.54) is 42.1 Å². The Labute approximate surface area is 167 Å². The average molecular weight is 392 g/mol. The first-order valence-corrected chi connectivity index (χ1v) is 9.35. The van der Waals surface area contributed by atoms with Gasteiger partial charge in [-0.15, -0.1) is 0 Å². The molecule has 2 aromatic carbocycles. The Bertz CT molecular complexity index is 1030. The van der Waals surface area contributed by atoms with Crippen molar-refractivity contribution in [3.05, 3.63) is 82.4 Å². The number of imidazole rings is 1. The molecule has 148 valence electrons. The molecule has 3 aromatic rings. The zero-order chi connectivity index (χ0) is 20.2. The summed E-state index contributed by atoms with van der Waals surface area (Å²) >= 11 is 0. The first-order valence-electron chi connectivity index (χ1n) is 9.35. The molecular weight excluding hydrogens is 372 g/mol. The summed E-state index contributed by atoms with van der Waals surface area (Å²) in [7, 11) is 0. The summed E-state index contributed by atoms with van der Waals surface area (Å²) < 4.78 is 7.22. The molecule has 4 rings (SSSR count). The summed E-state index contributed by atoms with van der Waals surface area (Å²) in [5, 5.41) is 14.3. The number of anilines is 1. The van der Waals surface area contributed by atoms with Crippen LogP contribution in [0.3, 0.4) is 0 Å². The van der Waals surface area contributed by atoms with Crippen LogP contribution in [0.4, 0.5) is 11.4 Å². The molecular formula is C21H20N4O4. The summed E-state index contributed by atoms with van der Waals surface area (Å²) in [5.74, 6) is 0.278. The van der Waals surface area contributed by atoms with Crippen LogP contribution in [0.5, 0.6) is 0 Å². The largest absolute Gasteiger partial charge is 0.376 e. The van der Waals surface area contributed by atoms with Crippen LogP contribution in [-0.4, -0.2) is 27.0 Å². The van der Waals surface area contributed by atoms with Crippen LogP contribution < -0.4 is 5.32 Å². The van der Waals surface area contributed by atoms with E-state index in [1.54, 1.807) is 18.3 Å². The third-order valence-corrected chi connectivity index (χ3v) is 4.72. The highest BCUT2D eigenvalue weighted by Gasteiger charge is 2.21. The lowest BCUT2D eigenvalue weighted by Crippen LogP contribution is -2.13. The van der Waals surface area contributed by atoms with Crippen LogP contribution in [-0.2, 0) is 11.3 Å². The minimum atomic E-state index is -0.510. The van der Waals surface area contributed by atoms with Crippen molar-refractivity contribution in [1.82, 2.24) is 9.55 Å². The highest BCUT2D eigenvalue weighted by Crippen LogP contribution is 2.29. The van der Waals surface area contributed by atoms with Crippen LogP contribution in [0.2, 0.25) is 0 Å². The Hall–Kier alpha value is -3.52. The van der Waals surface area contributed by atoms with Gasteiger partial charge in [0.15, 0.2) is 0 Å². The molecule has 0 radical (unpaired) electrons. The van der Waals surface area contributed by atoms with Crippen molar-refractivity contribution in [3.63, 3.8) is 0 Å². The van der Waals surface area contributed by atoms with Gasteiger partial charge in [-0.25, -0.2) is 4.98 Å². The van der Waals surface area contributed by atoms with E-state index in [-0.39, 0.29) is 11.3 Å². The molecule has 0 unspecified atom stereocenters. The monoisotopic (exact) mass is 392 g/mol. The maximum Gasteiger partial charge on any atom is 0.294 e. The molecule has 8 heteroatoms. The second-order valence-corrected chi connectivity index (χ2v) is 7.04. The Morgan fingerprint density at radius 1 is 1.28 bits per heavy atom. The second-order valence-electron chi connectivity index (χ2n) is 7.04. The van der Waals surface area contributed by atoms with Gasteiger partial charge in [-0.1, -0.05) is 12.1 Å². The van der Waals surface area contributed by atoms with Gasteiger partial charge in [0.1, 0.15) is 5.69 Å². The lowest BCUT2D eigenvalue weighted by Gasteiger charge is -2.09. The van der Waals surface area contributed by atoms with Gasteiger partial charge in [-0.3, -0.25) is 14.9 Å². The SMILES string of the molecule is O=C(Nc1cccc(COCC2CC2)c1)c1ccc(-n2ccnc2)c([N+](=O)[O-])c1. The zero-order valence-corrected chi connectivity index (χ0v) is 15.7. The predicted octanol–water partition coefficient (Wildman–Crippen LogP) is 3.96. The number of nitro benzene ring substituents is 1. The molecule has 1 saturated carbocycles. The summed E-state index contributed by atoms with van der Waals surface area (Å²) in [6, 6.07) is 11.8. The number of carbonyl (C=O) groups is 1. The number of nitro groups is 1. The summed E-state index contributed by atoms with van der Waals surface area (Å²) in [5.41, 5.74) is 1.96. The lowest BCUT2D eigenvalue weighted by atomic mass is 10.1. The number of benzene rings is 2. The number of carbonyl (C=O) groups excluding carboxylic acids is 1. The Kier molecular flexibility index (Phi) is 5.35. The van der Waals surface area contributed by atoms with Crippen molar-refractivity contribution in [3.8, 4) is 5.69 Å². The van der Waals surface area contributed by atoms with Gasteiger partial charge in [-0.2, -0.15) is 0 Å². The van der Waals surface area contributed by atoms with E-state index in [4.69, 9.17) is 4.74 Å². The number of nitrogens with zero attached hydrogens (tertiary/aromatic N) is 3. The normalized spacial score (nSPS) is 13.2. The third-order valence-electron chi connectivity index (χ3n) is 4.72. The number of hydrogen-bond acceptors (Lipinski definition) is 5. The molecule has 8 nitrogen and oxygen atoms in total. The number of aromatic nitrogens is 2. The average Bonchev–Trinajstić information content (AvgIpc) is 3.38. The molecule has 0 spiro atoms. The standard InChI is InChI=1S/C21H20N4O4/c26-21(23-18-3-1-2-16(10-18)13-29-12-15-4-5-15)17-6-7-19(20(11-17)25(27)28)24-9-8-22-14-24/h1-3,6-11,14-15H,4-5,12-13H2,(H,23,26). The molecule has 0 bridgehead atoms. The van der Waals surface area contributed by atoms with Gasteiger partial charge >= 0.3 is 0 Å². The minimum Gasteiger partial charge on any atom is -0.376 e. The first-order chi connectivity index (χ1) is 14.1. The minimum absolute atomic E-state index is 0.169. The van der Waals surface area contributed by atoms with Gasteiger partial charge in [0.25, 0.3) is 11.6 Å². The van der Waals surface area contributed by atoms with E-state index in [9.17, 15) is 14.9 Å². The fourth-order valence-electron chi connectivity index (χ4n) is 3.00. The van der Waals surface area contributed by atoms with E-state index < -0.39 is 10.8 Å². The van der Waals surface area contributed by atoms with Crippen LogP contribution in [0.1, 0.15) is 28.8 Å². The fourth-order valence-corrected chi connectivity index (χ4v) is 3.00. The molecule has 1 aliphatic rings. The van der Waals surface area contributed by atoms with Gasteiger partial charge in [-0.05, 0) is 48.6 Å². The molecule has 0 aliphatic heterocycles. The van der Waals surface area contributed by atoms with Crippen molar-refractivity contribution >= 4 is 17.3 Å². The Morgan fingerprint density at radius 2 is 2.14 bits per heavy atom. The van der Waals surface area contributed by atoms with Crippen molar-refractivity contribution in [2.75, 3.05) is 11.9 Å². The second kappa shape index (κ2) is 8.24. The summed E-state index contributed by atoms with van der Waals surface area (Å²) in [6.45, 7) is 1.26.